The second-order valence-electron chi connectivity index (χ2n) is 4.47. The van der Waals surface area contributed by atoms with E-state index in [1.165, 1.54) is 0 Å². The van der Waals surface area contributed by atoms with E-state index in [4.69, 9.17) is 16.3 Å². The Hall–Kier alpha value is -1.19. The molecular weight excluding hydrogens is 338 g/mol. The van der Waals surface area contributed by atoms with Crippen LogP contribution in [0, 0.1) is 0 Å². The SMILES string of the molecule is CCC(Nc1ccc(Br)cc1Cl)c1ccccc1OC. The third-order valence-corrected chi connectivity index (χ3v) is 3.99. The lowest BCUT2D eigenvalue weighted by atomic mass is 10.0. The van der Waals surface area contributed by atoms with Gasteiger partial charge >= 0.3 is 0 Å². The van der Waals surface area contributed by atoms with Gasteiger partial charge in [0.1, 0.15) is 5.75 Å². The van der Waals surface area contributed by atoms with Crippen LogP contribution in [0.1, 0.15) is 24.9 Å². The van der Waals surface area contributed by atoms with Gasteiger partial charge in [-0.05, 0) is 30.7 Å². The smallest absolute Gasteiger partial charge is 0.124 e. The normalized spacial score (nSPS) is 12.0. The maximum atomic E-state index is 6.27. The van der Waals surface area contributed by atoms with Crippen molar-refractivity contribution in [3.63, 3.8) is 0 Å². The zero-order valence-electron chi connectivity index (χ0n) is 11.5. The number of ether oxygens (including phenoxy) is 1. The molecule has 2 rings (SSSR count). The van der Waals surface area contributed by atoms with Gasteiger partial charge in [0.15, 0.2) is 0 Å². The van der Waals surface area contributed by atoms with E-state index in [1.54, 1.807) is 7.11 Å². The predicted molar refractivity (Wildman–Crippen MR) is 88.8 cm³/mol. The van der Waals surface area contributed by atoms with Crippen molar-refractivity contribution in [3.05, 3.63) is 57.5 Å². The van der Waals surface area contributed by atoms with Crippen molar-refractivity contribution < 1.29 is 4.74 Å². The Balaban J connectivity index is 2.29. The van der Waals surface area contributed by atoms with E-state index in [1.807, 2.05) is 36.4 Å². The summed E-state index contributed by atoms with van der Waals surface area (Å²) in [6.45, 7) is 2.14. The number of anilines is 1. The lowest BCUT2D eigenvalue weighted by Gasteiger charge is -2.21. The van der Waals surface area contributed by atoms with Gasteiger partial charge in [0.05, 0.1) is 23.9 Å². The molecule has 0 aliphatic heterocycles. The zero-order chi connectivity index (χ0) is 14.5. The highest BCUT2D eigenvalue weighted by Crippen LogP contribution is 2.33. The fraction of sp³-hybridized carbons (Fsp3) is 0.250. The average molecular weight is 355 g/mol. The summed E-state index contributed by atoms with van der Waals surface area (Å²) < 4.78 is 6.41. The molecule has 1 atom stereocenters. The van der Waals surface area contributed by atoms with E-state index in [9.17, 15) is 0 Å². The van der Waals surface area contributed by atoms with Crippen LogP contribution in [0.3, 0.4) is 0 Å². The molecule has 0 spiro atoms. The first-order valence-corrected chi connectivity index (χ1v) is 7.67. The van der Waals surface area contributed by atoms with Crippen LogP contribution in [0.15, 0.2) is 46.9 Å². The molecule has 0 fully saturated rings. The number of hydrogen-bond acceptors (Lipinski definition) is 2. The van der Waals surface area contributed by atoms with Crippen LogP contribution in [-0.2, 0) is 0 Å². The van der Waals surface area contributed by atoms with Crippen molar-refractivity contribution >= 4 is 33.2 Å². The van der Waals surface area contributed by atoms with Crippen LogP contribution >= 0.6 is 27.5 Å². The second-order valence-corrected chi connectivity index (χ2v) is 5.79. The zero-order valence-corrected chi connectivity index (χ0v) is 13.8. The van der Waals surface area contributed by atoms with Crippen LogP contribution in [0.2, 0.25) is 5.02 Å². The largest absolute Gasteiger partial charge is 0.496 e. The van der Waals surface area contributed by atoms with Crippen LogP contribution in [0.25, 0.3) is 0 Å². The van der Waals surface area contributed by atoms with Crippen molar-refractivity contribution in [2.45, 2.75) is 19.4 Å². The van der Waals surface area contributed by atoms with E-state index in [2.05, 4.69) is 34.2 Å². The van der Waals surface area contributed by atoms with Crippen molar-refractivity contribution in [1.82, 2.24) is 0 Å². The van der Waals surface area contributed by atoms with E-state index < -0.39 is 0 Å². The Morgan fingerprint density at radius 2 is 2.00 bits per heavy atom. The van der Waals surface area contributed by atoms with Gasteiger partial charge in [-0.25, -0.2) is 0 Å². The standard InChI is InChI=1S/C16H17BrClNO/c1-3-14(12-6-4-5-7-16(12)20-2)19-15-9-8-11(17)10-13(15)18/h4-10,14,19H,3H2,1-2H3. The molecule has 0 saturated heterocycles. The summed E-state index contributed by atoms with van der Waals surface area (Å²) in [7, 11) is 1.69. The molecule has 1 unspecified atom stereocenters. The van der Waals surface area contributed by atoms with Gasteiger partial charge < -0.3 is 10.1 Å². The number of hydrogen-bond donors (Lipinski definition) is 1. The fourth-order valence-corrected chi connectivity index (χ4v) is 2.88. The topological polar surface area (TPSA) is 21.3 Å². The molecule has 0 heterocycles. The van der Waals surface area contributed by atoms with Gasteiger partial charge in [-0.2, -0.15) is 0 Å². The molecule has 2 aromatic rings. The highest BCUT2D eigenvalue weighted by Gasteiger charge is 2.15. The van der Waals surface area contributed by atoms with Crippen LogP contribution in [-0.4, -0.2) is 7.11 Å². The van der Waals surface area contributed by atoms with Crippen LogP contribution in [0.5, 0.6) is 5.75 Å². The molecule has 0 radical (unpaired) electrons. The van der Waals surface area contributed by atoms with Gasteiger partial charge in [0.25, 0.3) is 0 Å². The lowest BCUT2D eigenvalue weighted by Crippen LogP contribution is -2.11. The highest BCUT2D eigenvalue weighted by molar-refractivity contribution is 9.10. The van der Waals surface area contributed by atoms with Gasteiger partial charge in [-0.3, -0.25) is 0 Å². The van der Waals surface area contributed by atoms with Crippen LogP contribution < -0.4 is 10.1 Å². The molecule has 0 bridgehead atoms. The van der Waals surface area contributed by atoms with Crippen molar-refractivity contribution in [2.75, 3.05) is 12.4 Å². The minimum atomic E-state index is 0.157. The van der Waals surface area contributed by atoms with Crippen molar-refractivity contribution in [2.24, 2.45) is 0 Å². The monoisotopic (exact) mass is 353 g/mol. The molecule has 0 aliphatic carbocycles. The minimum absolute atomic E-state index is 0.157. The number of rotatable bonds is 5. The van der Waals surface area contributed by atoms with Gasteiger partial charge in [-0.1, -0.05) is 52.7 Å². The van der Waals surface area contributed by atoms with Gasteiger partial charge in [0.2, 0.25) is 0 Å². The van der Waals surface area contributed by atoms with Crippen molar-refractivity contribution in [3.8, 4) is 5.75 Å². The number of methoxy groups -OCH3 is 1. The molecule has 0 aliphatic rings. The lowest BCUT2D eigenvalue weighted by molar-refractivity contribution is 0.406. The average Bonchev–Trinajstić information content (AvgIpc) is 2.46. The summed E-state index contributed by atoms with van der Waals surface area (Å²) in [5, 5.41) is 4.18. The quantitative estimate of drug-likeness (QED) is 0.746. The van der Waals surface area contributed by atoms with E-state index in [0.29, 0.717) is 5.02 Å². The highest BCUT2D eigenvalue weighted by atomic mass is 79.9. The number of halogens is 2. The number of benzene rings is 2. The Morgan fingerprint density at radius 1 is 1.25 bits per heavy atom. The second kappa shape index (κ2) is 7.00. The Morgan fingerprint density at radius 3 is 2.65 bits per heavy atom. The van der Waals surface area contributed by atoms with Gasteiger partial charge in [0, 0.05) is 10.0 Å². The molecule has 20 heavy (non-hydrogen) atoms. The first kappa shape index (κ1) is 15.2. The molecule has 0 amide bonds. The summed E-state index contributed by atoms with van der Waals surface area (Å²) in [5.74, 6) is 0.889. The molecule has 0 saturated carbocycles. The molecule has 0 aromatic heterocycles. The van der Waals surface area contributed by atoms with Crippen molar-refractivity contribution in [1.29, 1.82) is 0 Å². The Labute approximate surface area is 133 Å². The fourth-order valence-electron chi connectivity index (χ4n) is 2.15. The molecule has 2 nitrogen and oxygen atoms in total. The predicted octanol–water partition coefficient (Wildman–Crippen LogP) is 5.67. The molecule has 1 N–H and O–H groups in total. The van der Waals surface area contributed by atoms with E-state index in [0.717, 1.165) is 27.9 Å². The summed E-state index contributed by atoms with van der Waals surface area (Å²) in [6.07, 6.45) is 0.937. The Bertz CT molecular complexity index is 588. The summed E-state index contributed by atoms with van der Waals surface area (Å²) >= 11 is 9.68. The van der Waals surface area contributed by atoms with Crippen LogP contribution in [0.4, 0.5) is 5.69 Å². The molecule has 4 heteroatoms. The maximum absolute atomic E-state index is 6.27. The van der Waals surface area contributed by atoms with E-state index >= 15 is 0 Å². The van der Waals surface area contributed by atoms with Gasteiger partial charge in [-0.15, -0.1) is 0 Å². The number of nitrogens with one attached hydrogen (secondary N) is 1. The molecule has 106 valence electrons. The third kappa shape index (κ3) is 3.47. The Kier molecular flexibility index (Phi) is 5.32. The number of para-hydroxylation sites is 1. The molecular formula is C16H17BrClNO. The summed E-state index contributed by atoms with van der Waals surface area (Å²) in [6, 6.07) is 14.0. The van der Waals surface area contributed by atoms with E-state index in [-0.39, 0.29) is 6.04 Å². The summed E-state index contributed by atoms with van der Waals surface area (Å²) in [5.41, 5.74) is 2.06. The first-order valence-electron chi connectivity index (χ1n) is 6.50. The maximum Gasteiger partial charge on any atom is 0.124 e. The first-order chi connectivity index (χ1) is 9.65. The molecule has 2 aromatic carbocycles. The third-order valence-electron chi connectivity index (χ3n) is 3.18. The summed E-state index contributed by atoms with van der Waals surface area (Å²) in [4.78, 5) is 0. The minimum Gasteiger partial charge on any atom is -0.496 e.